The Morgan fingerprint density at radius 3 is 2.56 bits per heavy atom. The lowest BCUT2D eigenvalue weighted by Gasteiger charge is -2.15. The quantitative estimate of drug-likeness (QED) is 0.482. The zero-order chi connectivity index (χ0) is 6.85. The molecule has 0 aliphatic carbocycles. The van der Waals surface area contributed by atoms with Crippen molar-refractivity contribution in [3.63, 3.8) is 0 Å². The Labute approximate surface area is 54.3 Å². The average Bonchev–Trinajstić information content (AvgIpc) is 2.10. The van der Waals surface area contributed by atoms with Crippen molar-refractivity contribution in [3.8, 4) is 0 Å². The van der Waals surface area contributed by atoms with Gasteiger partial charge in [-0.2, -0.15) is 0 Å². The van der Waals surface area contributed by atoms with E-state index in [-0.39, 0.29) is 6.61 Å². The number of hydrogen-bond donors (Lipinski definition) is 2. The molecule has 0 atom stereocenters. The van der Waals surface area contributed by atoms with Crippen molar-refractivity contribution in [2.24, 2.45) is 0 Å². The molecule has 52 valence electrons. The highest BCUT2D eigenvalue weighted by molar-refractivity contribution is 5.01. The molecule has 1 aliphatic heterocycles. The standard InChI is InChI=1S/C5H11N3O/c1-7-3-5(4-9)8(2)6-7/h3,6,9H,4H2,1-2H3. The number of hydrazine groups is 2. The second-order valence-electron chi connectivity index (χ2n) is 2.05. The Hall–Kier alpha value is -0.740. The molecule has 1 aliphatic rings. The van der Waals surface area contributed by atoms with Gasteiger partial charge in [-0.15, -0.1) is 5.53 Å². The normalized spacial score (nSPS) is 18.8. The molecule has 0 saturated carbocycles. The molecule has 0 radical (unpaired) electrons. The minimum Gasteiger partial charge on any atom is -0.390 e. The summed E-state index contributed by atoms with van der Waals surface area (Å²) in [4.78, 5) is 0. The predicted molar refractivity (Wildman–Crippen MR) is 33.8 cm³/mol. The average molecular weight is 129 g/mol. The summed E-state index contributed by atoms with van der Waals surface area (Å²) in [5, 5.41) is 12.2. The number of aliphatic hydroxyl groups is 1. The van der Waals surface area contributed by atoms with E-state index in [1.165, 1.54) is 0 Å². The van der Waals surface area contributed by atoms with Gasteiger partial charge in [0.05, 0.1) is 12.3 Å². The van der Waals surface area contributed by atoms with E-state index < -0.39 is 0 Å². The maximum atomic E-state index is 8.68. The molecule has 0 bridgehead atoms. The van der Waals surface area contributed by atoms with Crippen LogP contribution in [0.15, 0.2) is 11.9 Å². The van der Waals surface area contributed by atoms with E-state index in [1.54, 1.807) is 10.0 Å². The van der Waals surface area contributed by atoms with E-state index in [2.05, 4.69) is 5.53 Å². The van der Waals surface area contributed by atoms with Gasteiger partial charge in [-0.3, -0.25) is 10.0 Å². The van der Waals surface area contributed by atoms with Crippen molar-refractivity contribution in [3.05, 3.63) is 11.9 Å². The van der Waals surface area contributed by atoms with Crippen LogP contribution in [0.2, 0.25) is 0 Å². The second-order valence-corrected chi connectivity index (χ2v) is 2.05. The second kappa shape index (κ2) is 2.24. The molecule has 0 unspecified atom stereocenters. The van der Waals surface area contributed by atoms with Gasteiger partial charge in [0.25, 0.3) is 0 Å². The zero-order valence-electron chi connectivity index (χ0n) is 5.63. The Kier molecular flexibility index (Phi) is 1.59. The van der Waals surface area contributed by atoms with Crippen molar-refractivity contribution >= 4 is 0 Å². The number of hydrogen-bond acceptors (Lipinski definition) is 4. The third-order valence-corrected chi connectivity index (χ3v) is 1.24. The number of nitrogens with one attached hydrogen (secondary N) is 1. The molecule has 4 heteroatoms. The van der Waals surface area contributed by atoms with E-state index >= 15 is 0 Å². The highest BCUT2D eigenvalue weighted by Gasteiger charge is 2.11. The molecule has 0 aromatic rings. The smallest absolute Gasteiger partial charge is 0.0859 e. The monoisotopic (exact) mass is 129 g/mol. The fourth-order valence-electron chi connectivity index (χ4n) is 0.787. The third-order valence-electron chi connectivity index (χ3n) is 1.24. The van der Waals surface area contributed by atoms with Crippen LogP contribution in [0.25, 0.3) is 0 Å². The molecule has 1 rings (SSSR count). The van der Waals surface area contributed by atoms with Crippen molar-refractivity contribution in [1.29, 1.82) is 0 Å². The minimum absolute atomic E-state index is 0.0772. The summed E-state index contributed by atoms with van der Waals surface area (Å²) in [6, 6.07) is 0. The molecule has 2 N–H and O–H groups in total. The van der Waals surface area contributed by atoms with E-state index in [1.807, 2.05) is 20.3 Å². The first-order valence-corrected chi connectivity index (χ1v) is 2.78. The first-order chi connectivity index (χ1) is 4.24. The van der Waals surface area contributed by atoms with Gasteiger partial charge in [0.1, 0.15) is 0 Å². The molecule has 1 heterocycles. The van der Waals surface area contributed by atoms with Gasteiger partial charge >= 0.3 is 0 Å². The van der Waals surface area contributed by atoms with Gasteiger partial charge in [0, 0.05) is 20.3 Å². The van der Waals surface area contributed by atoms with E-state index in [4.69, 9.17) is 5.11 Å². The van der Waals surface area contributed by atoms with Gasteiger partial charge in [-0.25, -0.2) is 0 Å². The molecule has 0 saturated heterocycles. The predicted octanol–water partition coefficient (Wildman–Crippen LogP) is -0.883. The maximum absolute atomic E-state index is 8.68. The summed E-state index contributed by atoms with van der Waals surface area (Å²) in [6.07, 6.45) is 1.83. The maximum Gasteiger partial charge on any atom is 0.0859 e. The van der Waals surface area contributed by atoms with Crippen LogP contribution in [-0.2, 0) is 0 Å². The Morgan fingerprint density at radius 1 is 1.67 bits per heavy atom. The molecule has 0 fully saturated rings. The lowest BCUT2D eigenvalue weighted by atomic mass is 10.5. The molecule has 0 aromatic heterocycles. The number of rotatable bonds is 1. The van der Waals surface area contributed by atoms with Crippen LogP contribution >= 0.6 is 0 Å². The Morgan fingerprint density at radius 2 is 2.33 bits per heavy atom. The lowest BCUT2D eigenvalue weighted by Crippen LogP contribution is -2.35. The Balaban J connectivity index is 2.57. The summed E-state index contributed by atoms with van der Waals surface area (Å²) in [6.45, 7) is 0.0772. The summed E-state index contributed by atoms with van der Waals surface area (Å²) in [5.74, 6) is 0. The van der Waals surface area contributed by atoms with Crippen molar-refractivity contribution in [2.75, 3.05) is 20.7 Å². The fraction of sp³-hybridized carbons (Fsp3) is 0.600. The number of nitrogens with zero attached hydrogens (tertiary/aromatic N) is 2. The molecular formula is C5H11N3O. The van der Waals surface area contributed by atoms with Crippen LogP contribution in [-0.4, -0.2) is 35.8 Å². The molecule has 4 nitrogen and oxygen atoms in total. The summed E-state index contributed by atoms with van der Waals surface area (Å²) >= 11 is 0. The molecular weight excluding hydrogens is 118 g/mol. The van der Waals surface area contributed by atoms with Crippen molar-refractivity contribution in [2.45, 2.75) is 0 Å². The highest BCUT2D eigenvalue weighted by Crippen LogP contribution is 2.04. The minimum atomic E-state index is 0.0772. The van der Waals surface area contributed by atoms with Gasteiger partial charge < -0.3 is 5.11 Å². The topological polar surface area (TPSA) is 38.7 Å². The first kappa shape index (κ1) is 6.38. The van der Waals surface area contributed by atoms with E-state index in [9.17, 15) is 0 Å². The van der Waals surface area contributed by atoms with Gasteiger partial charge in [-0.05, 0) is 0 Å². The van der Waals surface area contributed by atoms with Crippen LogP contribution in [0, 0.1) is 0 Å². The van der Waals surface area contributed by atoms with E-state index in [0.717, 1.165) is 5.70 Å². The summed E-state index contributed by atoms with van der Waals surface area (Å²) in [5.41, 5.74) is 3.80. The molecule has 0 amide bonds. The van der Waals surface area contributed by atoms with E-state index in [0.29, 0.717) is 0 Å². The number of likely N-dealkylation sites (N-methyl/N-ethyl adjacent to an activating group) is 1. The highest BCUT2D eigenvalue weighted by atomic mass is 16.3. The summed E-state index contributed by atoms with van der Waals surface area (Å²) in [7, 11) is 3.73. The summed E-state index contributed by atoms with van der Waals surface area (Å²) < 4.78 is 0. The largest absolute Gasteiger partial charge is 0.390 e. The van der Waals surface area contributed by atoms with Gasteiger partial charge in [0.15, 0.2) is 0 Å². The molecule has 0 aromatic carbocycles. The van der Waals surface area contributed by atoms with Crippen LogP contribution < -0.4 is 5.53 Å². The number of aliphatic hydroxyl groups excluding tert-OH is 1. The van der Waals surface area contributed by atoms with Crippen LogP contribution in [0.5, 0.6) is 0 Å². The van der Waals surface area contributed by atoms with Crippen molar-refractivity contribution < 1.29 is 5.11 Å². The lowest BCUT2D eigenvalue weighted by molar-refractivity contribution is 0.166. The Bertz CT molecular complexity index is 134. The molecule has 0 spiro atoms. The fourth-order valence-corrected chi connectivity index (χ4v) is 0.787. The molecule has 9 heavy (non-hydrogen) atoms. The first-order valence-electron chi connectivity index (χ1n) is 2.78. The van der Waals surface area contributed by atoms with Gasteiger partial charge in [-0.1, -0.05) is 0 Å². The van der Waals surface area contributed by atoms with Crippen molar-refractivity contribution in [1.82, 2.24) is 15.6 Å². The van der Waals surface area contributed by atoms with Crippen LogP contribution in [0.3, 0.4) is 0 Å². The zero-order valence-corrected chi connectivity index (χ0v) is 5.63. The van der Waals surface area contributed by atoms with Gasteiger partial charge in [0.2, 0.25) is 0 Å². The third kappa shape index (κ3) is 1.14. The van der Waals surface area contributed by atoms with Crippen LogP contribution in [0.4, 0.5) is 0 Å². The SMILES string of the molecule is CN1C=C(CO)N(C)N1. The van der Waals surface area contributed by atoms with Crippen LogP contribution in [0.1, 0.15) is 0 Å².